The number of rotatable bonds is 2. The maximum Gasteiger partial charge on any atom is 0.416 e. The van der Waals surface area contributed by atoms with Gasteiger partial charge in [0.2, 0.25) is 0 Å². The molecule has 4 nitrogen and oxygen atoms in total. The maximum atomic E-state index is 11.8. The van der Waals surface area contributed by atoms with Crippen LogP contribution in [0.15, 0.2) is 18.3 Å². The number of aromatic nitrogens is 1. The van der Waals surface area contributed by atoms with Gasteiger partial charge in [0.05, 0.1) is 6.04 Å². The van der Waals surface area contributed by atoms with Crippen molar-refractivity contribution in [3.63, 3.8) is 0 Å². The molecular weight excluding hydrogens is 216 g/mol. The van der Waals surface area contributed by atoms with Crippen LogP contribution in [0.5, 0.6) is 0 Å². The highest BCUT2D eigenvalue weighted by atomic mass is 16.6. The molecule has 0 N–H and O–H groups in total. The summed E-state index contributed by atoms with van der Waals surface area (Å²) in [4.78, 5) is 17.9. The minimum atomic E-state index is -0.239. The molecule has 1 aliphatic carbocycles. The molecule has 3 rings (SSSR count). The first-order valence-electron chi connectivity index (χ1n) is 6.24. The topological polar surface area (TPSA) is 42.4 Å². The van der Waals surface area contributed by atoms with E-state index < -0.39 is 0 Å². The van der Waals surface area contributed by atoms with Crippen LogP contribution < -0.4 is 4.90 Å². The second-order valence-electron chi connectivity index (χ2n) is 4.67. The minimum absolute atomic E-state index is 0.0788. The van der Waals surface area contributed by atoms with Crippen molar-refractivity contribution in [1.29, 1.82) is 0 Å². The first-order valence-corrected chi connectivity index (χ1v) is 6.24. The van der Waals surface area contributed by atoms with Gasteiger partial charge in [-0.3, -0.25) is 4.90 Å². The van der Waals surface area contributed by atoms with Crippen molar-refractivity contribution in [3.05, 3.63) is 23.9 Å². The Morgan fingerprint density at radius 2 is 2.35 bits per heavy atom. The summed E-state index contributed by atoms with van der Waals surface area (Å²) in [6.45, 7) is 2.09. The molecule has 0 spiro atoms. The zero-order valence-electron chi connectivity index (χ0n) is 9.93. The number of aryl methyl sites for hydroxylation is 1. The van der Waals surface area contributed by atoms with E-state index >= 15 is 0 Å². The Morgan fingerprint density at radius 1 is 1.47 bits per heavy atom. The summed E-state index contributed by atoms with van der Waals surface area (Å²) >= 11 is 0. The van der Waals surface area contributed by atoms with Gasteiger partial charge in [-0.25, -0.2) is 9.78 Å². The third kappa shape index (κ3) is 1.68. The number of pyridine rings is 1. The van der Waals surface area contributed by atoms with Crippen LogP contribution in [0.3, 0.4) is 0 Å². The molecule has 1 aliphatic heterocycles. The molecule has 1 aromatic rings. The fourth-order valence-electron chi connectivity index (χ4n) is 2.69. The molecule has 1 saturated heterocycles. The number of hydrogen-bond acceptors (Lipinski definition) is 3. The van der Waals surface area contributed by atoms with Crippen LogP contribution >= 0.6 is 0 Å². The van der Waals surface area contributed by atoms with E-state index in [0.717, 1.165) is 31.5 Å². The van der Waals surface area contributed by atoms with Gasteiger partial charge in [-0.05, 0) is 37.3 Å². The molecule has 0 radical (unpaired) electrons. The van der Waals surface area contributed by atoms with Gasteiger partial charge in [0, 0.05) is 6.20 Å². The summed E-state index contributed by atoms with van der Waals surface area (Å²) < 4.78 is 5.36. The molecule has 2 atom stereocenters. The molecule has 2 heterocycles. The molecule has 2 aliphatic rings. The summed E-state index contributed by atoms with van der Waals surface area (Å²) in [5, 5.41) is 0. The van der Waals surface area contributed by atoms with E-state index in [4.69, 9.17) is 4.74 Å². The van der Waals surface area contributed by atoms with E-state index in [0.29, 0.717) is 0 Å². The Hall–Kier alpha value is -1.58. The zero-order chi connectivity index (χ0) is 11.8. The van der Waals surface area contributed by atoms with Crippen LogP contribution in [0.2, 0.25) is 0 Å². The van der Waals surface area contributed by atoms with Gasteiger partial charge in [-0.2, -0.15) is 0 Å². The number of ether oxygens (including phenoxy) is 1. The third-order valence-corrected chi connectivity index (χ3v) is 3.66. The van der Waals surface area contributed by atoms with Gasteiger partial charge in [0.25, 0.3) is 0 Å². The average Bonchev–Trinajstić information content (AvgIpc) is 2.89. The van der Waals surface area contributed by atoms with Gasteiger partial charge in [0.15, 0.2) is 0 Å². The summed E-state index contributed by atoms with van der Waals surface area (Å²) in [6.07, 6.45) is 5.78. The van der Waals surface area contributed by atoms with Gasteiger partial charge in [0.1, 0.15) is 11.9 Å². The predicted octanol–water partition coefficient (Wildman–Crippen LogP) is 2.52. The molecule has 4 heteroatoms. The summed E-state index contributed by atoms with van der Waals surface area (Å²) in [6, 6.07) is 4.14. The molecule has 1 amide bonds. The van der Waals surface area contributed by atoms with Gasteiger partial charge in [-0.15, -0.1) is 0 Å². The van der Waals surface area contributed by atoms with Gasteiger partial charge in [-0.1, -0.05) is 13.0 Å². The van der Waals surface area contributed by atoms with Crippen LogP contribution in [0.1, 0.15) is 31.7 Å². The maximum absolute atomic E-state index is 11.8. The fourth-order valence-corrected chi connectivity index (χ4v) is 2.69. The second kappa shape index (κ2) is 4.02. The van der Waals surface area contributed by atoms with E-state index in [9.17, 15) is 4.79 Å². The monoisotopic (exact) mass is 232 g/mol. The number of amides is 1. The van der Waals surface area contributed by atoms with E-state index in [-0.39, 0.29) is 18.2 Å². The van der Waals surface area contributed by atoms with Crippen LogP contribution in [0.25, 0.3) is 0 Å². The summed E-state index contributed by atoms with van der Waals surface area (Å²) in [7, 11) is 0. The molecule has 90 valence electrons. The van der Waals surface area contributed by atoms with E-state index in [1.54, 1.807) is 4.90 Å². The van der Waals surface area contributed by atoms with Crippen LogP contribution in [0, 0.1) is 0 Å². The summed E-state index contributed by atoms with van der Waals surface area (Å²) in [5.41, 5.74) is 1.18. The molecule has 17 heavy (non-hydrogen) atoms. The number of carbonyl (C=O) groups is 1. The highest BCUT2D eigenvalue weighted by Crippen LogP contribution is 2.35. The Labute approximate surface area is 101 Å². The number of hydrogen-bond donors (Lipinski definition) is 0. The number of anilines is 1. The lowest BCUT2D eigenvalue weighted by Gasteiger charge is -2.18. The van der Waals surface area contributed by atoms with Crippen molar-refractivity contribution in [3.8, 4) is 0 Å². The molecule has 0 aromatic carbocycles. The minimum Gasteiger partial charge on any atom is -0.444 e. The van der Waals surface area contributed by atoms with Crippen molar-refractivity contribution in [2.45, 2.75) is 44.8 Å². The predicted molar refractivity (Wildman–Crippen MR) is 64.0 cm³/mol. The second-order valence-corrected chi connectivity index (χ2v) is 4.67. The van der Waals surface area contributed by atoms with E-state index in [2.05, 4.69) is 11.9 Å². The van der Waals surface area contributed by atoms with Crippen molar-refractivity contribution >= 4 is 11.9 Å². The smallest absolute Gasteiger partial charge is 0.416 e. The Bertz CT molecular complexity index is 430. The third-order valence-electron chi connectivity index (χ3n) is 3.66. The SMILES string of the molecule is CCc1ccc(N2C(=O)OC3CCCC32)nc1. The molecule has 1 aromatic heterocycles. The molecular formula is C13H16N2O2. The van der Waals surface area contributed by atoms with Gasteiger partial charge < -0.3 is 4.74 Å². The van der Waals surface area contributed by atoms with E-state index in [1.807, 2.05) is 18.3 Å². The fraction of sp³-hybridized carbons (Fsp3) is 0.538. The van der Waals surface area contributed by atoms with Crippen LogP contribution in [0.4, 0.5) is 10.6 Å². The highest BCUT2D eigenvalue weighted by Gasteiger charge is 2.45. The zero-order valence-corrected chi connectivity index (χ0v) is 9.93. The quantitative estimate of drug-likeness (QED) is 0.786. The van der Waals surface area contributed by atoms with Crippen molar-refractivity contribution < 1.29 is 9.53 Å². The lowest BCUT2D eigenvalue weighted by Crippen LogP contribution is -2.34. The lowest BCUT2D eigenvalue weighted by molar-refractivity contribution is 0.138. The van der Waals surface area contributed by atoms with Crippen LogP contribution in [-0.4, -0.2) is 23.2 Å². The van der Waals surface area contributed by atoms with Gasteiger partial charge >= 0.3 is 6.09 Å². The van der Waals surface area contributed by atoms with E-state index in [1.165, 1.54) is 5.56 Å². The lowest BCUT2D eigenvalue weighted by atomic mass is 10.2. The van der Waals surface area contributed by atoms with Crippen molar-refractivity contribution in [1.82, 2.24) is 4.98 Å². The first-order chi connectivity index (χ1) is 8.29. The normalized spacial score (nSPS) is 27.1. The molecule has 0 bridgehead atoms. The number of fused-ring (bicyclic) bond motifs is 1. The standard InChI is InChI=1S/C13H16N2O2/c1-2-9-6-7-12(14-8-9)15-10-4-3-5-11(10)17-13(15)16/h6-8,10-11H,2-5H2,1H3. The molecule has 2 unspecified atom stereocenters. The highest BCUT2D eigenvalue weighted by molar-refractivity contribution is 5.89. The summed E-state index contributed by atoms with van der Waals surface area (Å²) in [5.74, 6) is 0.724. The largest absolute Gasteiger partial charge is 0.444 e. The molecule has 1 saturated carbocycles. The first kappa shape index (κ1) is 10.6. The van der Waals surface area contributed by atoms with Crippen molar-refractivity contribution in [2.75, 3.05) is 4.90 Å². The van der Waals surface area contributed by atoms with Crippen molar-refractivity contribution in [2.24, 2.45) is 0 Å². The Kier molecular flexibility index (Phi) is 2.50. The Morgan fingerprint density at radius 3 is 3.06 bits per heavy atom. The van der Waals surface area contributed by atoms with Crippen LogP contribution in [-0.2, 0) is 11.2 Å². The molecule has 2 fully saturated rings. The number of carbonyl (C=O) groups excluding carboxylic acids is 1. The number of nitrogens with zero attached hydrogens (tertiary/aromatic N) is 2. The average molecular weight is 232 g/mol. The Balaban J connectivity index is 1.89.